The van der Waals surface area contributed by atoms with Gasteiger partial charge in [0, 0.05) is 24.6 Å². The van der Waals surface area contributed by atoms with E-state index in [0.29, 0.717) is 80.3 Å². The standard InChI is InChI=1S/C23H32N4O6/c1-5-30-18-12-17(13-19(31-6-2)21(18)32-7-3)23(29)27-10-8-16(9-11-27)22(28)24-14-20-25-15(4)26-33-20/h12-13,16H,5-11,14H2,1-4H3,(H,24,28). The fraction of sp³-hybridized carbons (Fsp3) is 0.565. The molecular weight excluding hydrogens is 428 g/mol. The summed E-state index contributed by atoms with van der Waals surface area (Å²) >= 11 is 0. The van der Waals surface area contributed by atoms with Gasteiger partial charge >= 0.3 is 0 Å². The van der Waals surface area contributed by atoms with Crippen molar-refractivity contribution in [1.82, 2.24) is 20.4 Å². The average Bonchev–Trinajstić information content (AvgIpc) is 3.24. The molecule has 0 bridgehead atoms. The molecule has 180 valence electrons. The number of piperidine rings is 1. The lowest BCUT2D eigenvalue weighted by molar-refractivity contribution is -0.126. The van der Waals surface area contributed by atoms with Gasteiger partial charge in [0.2, 0.25) is 17.5 Å². The van der Waals surface area contributed by atoms with Gasteiger partial charge in [-0.15, -0.1) is 0 Å². The van der Waals surface area contributed by atoms with Crippen LogP contribution in [-0.4, -0.2) is 59.8 Å². The van der Waals surface area contributed by atoms with Gasteiger partial charge in [0.15, 0.2) is 17.3 Å². The molecule has 0 radical (unpaired) electrons. The monoisotopic (exact) mass is 460 g/mol. The third-order valence-corrected chi connectivity index (χ3v) is 5.29. The molecule has 0 atom stereocenters. The van der Waals surface area contributed by atoms with Gasteiger partial charge in [-0.2, -0.15) is 4.98 Å². The number of nitrogens with one attached hydrogen (secondary N) is 1. The topological polar surface area (TPSA) is 116 Å². The molecule has 1 aromatic carbocycles. The van der Waals surface area contributed by atoms with E-state index in [1.54, 1.807) is 24.0 Å². The highest BCUT2D eigenvalue weighted by molar-refractivity contribution is 5.96. The van der Waals surface area contributed by atoms with Gasteiger partial charge in [0.1, 0.15) is 0 Å². The molecule has 10 nitrogen and oxygen atoms in total. The summed E-state index contributed by atoms with van der Waals surface area (Å²) in [6.45, 7) is 9.85. The van der Waals surface area contributed by atoms with E-state index in [1.165, 1.54) is 0 Å². The third-order valence-electron chi connectivity index (χ3n) is 5.29. The van der Waals surface area contributed by atoms with Crippen molar-refractivity contribution in [3.05, 3.63) is 29.4 Å². The molecule has 33 heavy (non-hydrogen) atoms. The molecule has 1 aromatic heterocycles. The third kappa shape index (κ3) is 6.15. The number of hydrogen-bond donors (Lipinski definition) is 1. The van der Waals surface area contributed by atoms with Crippen LogP contribution in [0.2, 0.25) is 0 Å². The SMILES string of the molecule is CCOc1cc(C(=O)N2CCC(C(=O)NCc3nc(C)no3)CC2)cc(OCC)c1OCC. The molecule has 10 heteroatoms. The largest absolute Gasteiger partial charge is 0.490 e. The lowest BCUT2D eigenvalue weighted by atomic mass is 9.95. The second-order valence-electron chi connectivity index (χ2n) is 7.62. The second kappa shape index (κ2) is 11.5. The zero-order valence-electron chi connectivity index (χ0n) is 19.7. The molecule has 2 amide bonds. The van der Waals surface area contributed by atoms with E-state index in [9.17, 15) is 9.59 Å². The lowest BCUT2D eigenvalue weighted by Crippen LogP contribution is -2.43. The fourth-order valence-corrected chi connectivity index (χ4v) is 3.76. The van der Waals surface area contributed by atoms with Gasteiger partial charge in [-0.1, -0.05) is 5.16 Å². The summed E-state index contributed by atoms with van der Waals surface area (Å²) < 4.78 is 22.2. The van der Waals surface area contributed by atoms with Crippen molar-refractivity contribution in [3.8, 4) is 17.2 Å². The van der Waals surface area contributed by atoms with E-state index in [2.05, 4.69) is 15.5 Å². The van der Waals surface area contributed by atoms with Crippen molar-refractivity contribution >= 4 is 11.8 Å². The van der Waals surface area contributed by atoms with Crippen molar-refractivity contribution in [3.63, 3.8) is 0 Å². The molecule has 1 N–H and O–H groups in total. The molecule has 3 rings (SSSR count). The number of ether oxygens (including phenoxy) is 3. The van der Waals surface area contributed by atoms with Gasteiger partial charge in [0.05, 0.1) is 26.4 Å². The van der Waals surface area contributed by atoms with E-state index in [4.69, 9.17) is 18.7 Å². The van der Waals surface area contributed by atoms with Crippen molar-refractivity contribution < 1.29 is 28.3 Å². The summed E-state index contributed by atoms with van der Waals surface area (Å²) in [4.78, 5) is 31.6. The lowest BCUT2D eigenvalue weighted by Gasteiger charge is -2.31. The maximum absolute atomic E-state index is 13.2. The van der Waals surface area contributed by atoms with Crippen molar-refractivity contribution in [1.29, 1.82) is 0 Å². The van der Waals surface area contributed by atoms with Crippen molar-refractivity contribution in [2.45, 2.75) is 47.1 Å². The quantitative estimate of drug-likeness (QED) is 0.575. The van der Waals surface area contributed by atoms with Crippen LogP contribution >= 0.6 is 0 Å². The first kappa shape index (κ1) is 24.3. The van der Waals surface area contributed by atoms with Crippen LogP contribution in [-0.2, 0) is 11.3 Å². The molecule has 1 saturated heterocycles. The Bertz CT molecular complexity index is 925. The molecule has 1 aliphatic heterocycles. The van der Waals surface area contributed by atoms with Crippen LogP contribution in [0.25, 0.3) is 0 Å². The van der Waals surface area contributed by atoms with Gasteiger partial charge < -0.3 is 29.0 Å². The van der Waals surface area contributed by atoms with Crippen molar-refractivity contribution in [2.75, 3.05) is 32.9 Å². The van der Waals surface area contributed by atoms with E-state index in [1.807, 2.05) is 20.8 Å². The van der Waals surface area contributed by atoms with Crippen molar-refractivity contribution in [2.24, 2.45) is 5.92 Å². The summed E-state index contributed by atoms with van der Waals surface area (Å²) in [7, 11) is 0. The summed E-state index contributed by atoms with van der Waals surface area (Å²) in [5.74, 6) is 2.01. The Labute approximate surface area is 193 Å². The summed E-state index contributed by atoms with van der Waals surface area (Å²) in [6.07, 6.45) is 1.15. The van der Waals surface area contributed by atoms with Crippen LogP contribution in [0.3, 0.4) is 0 Å². The average molecular weight is 461 g/mol. The summed E-state index contributed by atoms with van der Waals surface area (Å²) in [5, 5.41) is 6.54. The predicted octanol–water partition coefficient (Wildman–Crippen LogP) is 2.74. The van der Waals surface area contributed by atoms with Gasteiger partial charge in [-0.05, 0) is 52.7 Å². The Balaban J connectivity index is 1.63. The summed E-state index contributed by atoms with van der Waals surface area (Å²) in [5.41, 5.74) is 0.472. The van der Waals surface area contributed by atoms with Crippen LogP contribution in [0, 0.1) is 12.8 Å². The molecule has 0 spiro atoms. The van der Waals surface area contributed by atoms with Gasteiger partial charge in [-0.25, -0.2) is 0 Å². The second-order valence-corrected chi connectivity index (χ2v) is 7.62. The fourth-order valence-electron chi connectivity index (χ4n) is 3.76. The summed E-state index contributed by atoms with van der Waals surface area (Å²) in [6, 6.07) is 3.40. The van der Waals surface area contributed by atoms with Crippen LogP contribution < -0.4 is 19.5 Å². The van der Waals surface area contributed by atoms with E-state index in [0.717, 1.165) is 0 Å². The molecule has 0 saturated carbocycles. The first-order valence-corrected chi connectivity index (χ1v) is 11.4. The number of hydrogen-bond acceptors (Lipinski definition) is 8. The number of carbonyl (C=O) groups is 2. The highest BCUT2D eigenvalue weighted by Crippen LogP contribution is 2.39. The predicted molar refractivity (Wildman–Crippen MR) is 119 cm³/mol. The first-order valence-electron chi connectivity index (χ1n) is 11.4. The minimum absolute atomic E-state index is 0.0729. The minimum atomic E-state index is -0.170. The number of amides is 2. The van der Waals surface area contributed by atoms with Crippen LogP contribution in [0.15, 0.2) is 16.7 Å². The number of rotatable bonds is 10. The molecule has 2 heterocycles. The molecule has 1 aliphatic rings. The van der Waals surface area contributed by atoms with E-state index in [-0.39, 0.29) is 24.3 Å². The van der Waals surface area contributed by atoms with E-state index >= 15 is 0 Å². The smallest absolute Gasteiger partial charge is 0.254 e. The highest BCUT2D eigenvalue weighted by atomic mass is 16.5. The Morgan fingerprint density at radius 1 is 1.06 bits per heavy atom. The maximum Gasteiger partial charge on any atom is 0.254 e. The van der Waals surface area contributed by atoms with Crippen LogP contribution in [0.4, 0.5) is 0 Å². The number of aromatic nitrogens is 2. The van der Waals surface area contributed by atoms with Crippen LogP contribution in [0.5, 0.6) is 17.2 Å². The Morgan fingerprint density at radius 3 is 2.18 bits per heavy atom. The number of aryl methyl sites for hydroxylation is 1. The number of likely N-dealkylation sites (tertiary alicyclic amines) is 1. The first-order chi connectivity index (χ1) is 16.0. The van der Waals surface area contributed by atoms with E-state index < -0.39 is 0 Å². The number of carbonyl (C=O) groups excluding carboxylic acids is 2. The van der Waals surface area contributed by atoms with Gasteiger partial charge in [0.25, 0.3) is 5.91 Å². The number of benzene rings is 1. The molecule has 0 unspecified atom stereocenters. The maximum atomic E-state index is 13.2. The molecule has 0 aliphatic carbocycles. The Kier molecular flexibility index (Phi) is 8.51. The highest BCUT2D eigenvalue weighted by Gasteiger charge is 2.29. The molecule has 2 aromatic rings. The molecule has 1 fully saturated rings. The number of nitrogens with zero attached hydrogens (tertiary/aromatic N) is 3. The Morgan fingerprint density at radius 2 is 1.67 bits per heavy atom. The molecular formula is C23H32N4O6. The van der Waals surface area contributed by atoms with Gasteiger partial charge in [-0.3, -0.25) is 9.59 Å². The zero-order chi connectivity index (χ0) is 23.8. The normalized spacial score (nSPS) is 14.1. The minimum Gasteiger partial charge on any atom is -0.490 e. The Hall–Kier alpha value is -3.30. The zero-order valence-corrected chi connectivity index (χ0v) is 19.7. The van der Waals surface area contributed by atoms with Crippen LogP contribution in [0.1, 0.15) is 55.7 Å².